The number of ether oxygens (including phenoxy) is 1. The third kappa shape index (κ3) is 4.74. The number of piperazine rings is 1. The molecule has 1 aromatic rings. The number of aliphatic imine (C=N–C) groups is 1. The van der Waals surface area contributed by atoms with Crippen molar-refractivity contribution in [1.29, 1.82) is 0 Å². The molecule has 25 heavy (non-hydrogen) atoms. The van der Waals surface area contributed by atoms with E-state index in [-0.39, 0.29) is 5.91 Å². The lowest BCUT2D eigenvalue weighted by Crippen LogP contribution is -2.53. The highest BCUT2D eigenvalue weighted by atomic mass is 16.5. The van der Waals surface area contributed by atoms with Gasteiger partial charge in [0.2, 0.25) is 5.91 Å². The van der Waals surface area contributed by atoms with Crippen molar-refractivity contribution in [1.82, 2.24) is 15.1 Å². The van der Waals surface area contributed by atoms with E-state index in [1.165, 1.54) is 7.11 Å². The van der Waals surface area contributed by atoms with E-state index in [0.717, 1.165) is 25.6 Å². The maximum absolute atomic E-state index is 11.7. The monoisotopic (exact) mass is 350 g/mol. The van der Waals surface area contributed by atoms with Crippen LogP contribution >= 0.6 is 0 Å². The van der Waals surface area contributed by atoms with Crippen molar-refractivity contribution in [3.8, 4) is 0 Å². The molecule has 138 valence electrons. The maximum Gasteiger partial charge on any atom is 0.341 e. The van der Waals surface area contributed by atoms with Crippen LogP contribution in [0.3, 0.4) is 0 Å². The second kappa shape index (κ2) is 8.55. The minimum atomic E-state index is -0.413. The van der Waals surface area contributed by atoms with Gasteiger partial charge in [-0.3, -0.25) is 4.79 Å². The highest BCUT2D eigenvalue weighted by Crippen LogP contribution is 2.16. The summed E-state index contributed by atoms with van der Waals surface area (Å²) < 4.78 is 10.3. The molecule has 1 saturated heterocycles. The molecule has 0 saturated carbocycles. The smallest absolute Gasteiger partial charge is 0.341 e. The van der Waals surface area contributed by atoms with Crippen LogP contribution in [0.5, 0.6) is 0 Å². The number of furan rings is 1. The lowest BCUT2D eigenvalue weighted by Gasteiger charge is -2.36. The van der Waals surface area contributed by atoms with E-state index >= 15 is 0 Å². The Bertz CT molecular complexity index is 645. The summed E-state index contributed by atoms with van der Waals surface area (Å²) in [5.41, 5.74) is 0.424. The van der Waals surface area contributed by atoms with E-state index in [1.54, 1.807) is 19.9 Å². The van der Waals surface area contributed by atoms with Gasteiger partial charge >= 0.3 is 5.97 Å². The molecule has 0 radical (unpaired) electrons. The van der Waals surface area contributed by atoms with Gasteiger partial charge in [-0.2, -0.15) is 0 Å². The van der Waals surface area contributed by atoms with Crippen LogP contribution < -0.4 is 5.32 Å². The fourth-order valence-electron chi connectivity index (χ4n) is 2.75. The molecule has 0 unspecified atom stereocenters. The van der Waals surface area contributed by atoms with Crippen LogP contribution in [0, 0.1) is 6.92 Å². The highest BCUT2D eigenvalue weighted by molar-refractivity contribution is 5.90. The molecule has 1 fully saturated rings. The Hall–Kier alpha value is -2.51. The van der Waals surface area contributed by atoms with Crippen LogP contribution in [0.2, 0.25) is 0 Å². The molecule has 2 heterocycles. The molecule has 0 atom stereocenters. The van der Waals surface area contributed by atoms with E-state index in [2.05, 4.69) is 15.2 Å². The zero-order valence-electron chi connectivity index (χ0n) is 15.3. The summed E-state index contributed by atoms with van der Waals surface area (Å²) in [6.45, 7) is 9.24. The van der Waals surface area contributed by atoms with Crippen molar-refractivity contribution in [2.45, 2.75) is 27.3 Å². The summed E-state index contributed by atoms with van der Waals surface area (Å²) in [4.78, 5) is 31.6. The molecule has 0 aliphatic carbocycles. The number of esters is 1. The third-order valence-corrected chi connectivity index (χ3v) is 4.12. The SMILES string of the molecule is CCNC(=NCc1cc(C(=O)OC)c(C)o1)N1CCN(C(C)=O)CC1. The Balaban J connectivity index is 2.05. The average Bonchev–Trinajstić information content (AvgIpc) is 2.98. The van der Waals surface area contributed by atoms with Crippen LogP contribution in [0.4, 0.5) is 0 Å². The van der Waals surface area contributed by atoms with E-state index < -0.39 is 5.97 Å². The number of rotatable bonds is 4. The number of amides is 1. The molecule has 0 spiro atoms. The molecule has 1 aromatic heterocycles. The van der Waals surface area contributed by atoms with Crippen molar-refractivity contribution < 1.29 is 18.7 Å². The number of carbonyl (C=O) groups is 2. The predicted molar refractivity (Wildman–Crippen MR) is 93.4 cm³/mol. The molecular weight excluding hydrogens is 324 g/mol. The normalized spacial score (nSPS) is 15.3. The van der Waals surface area contributed by atoms with Crippen LogP contribution in [-0.4, -0.2) is 67.5 Å². The van der Waals surface area contributed by atoms with Crippen molar-refractivity contribution >= 4 is 17.8 Å². The first kappa shape index (κ1) is 18.8. The Kier molecular flexibility index (Phi) is 6.44. The van der Waals surface area contributed by atoms with Gasteiger partial charge in [0.25, 0.3) is 0 Å². The average molecular weight is 350 g/mol. The number of hydrogen-bond donors (Lipinski definition) is 1. The zero-order chi connectivity index (χ0) is 18.4. The van der Waals surface area contributed by atoms with Crippen LogP contribution in [0.25, 0.3) is 0 Å². The summed E-state index contributed by atoms with van der Waals surface area (Å²) in [7, 11) is 1.34. The highest BCUT2D eigenvalue weighted by Gasteiger charge is 2.21. The number of carbonyl (C=O) groups excluding carboxylic acids is 2. The van der Waals surface area contributed by atoms with Gasteiger partial charge in [0.1, 0.15) is 23.6 Å². The molecule has 2 rings (SSSR count). The predicted octanol–water partition coefficient (Wildman–Crippen LogP) is 1.00. The molecule has 1 N–H and O–H groups in total. The van der Waals surface area contributed by atoms with Gasteiger partial charge in [-0.05, 0) is 19.9 Å². The second-order valence-corrected chi connectivity index (χ2v) is 5.84. The molecule has 0 aromatic carbocycles. The number of nitrogens with one attached hydrogen (secondary N) is 1. The first-order valence-electron chi connectivity index (χ1n) is 8.42. The quantitative estimate of drug-likeness (QED) is 0.495. The summed E-state index contributed by atoms with van der Waals surface area (Å²) >= 11 is 0. The Morgan fingerprint density at radius 1 is 1.28 bits per heavy atom. The first-order chi connectivity index (χ1) is 12.0. The van der Waals surface area contributed by atoms with Gasteiger partial charge in [-0.1, -0.05) is 0 Å². The van der Waals surface area contributed by atoms with Gasteiger partial charge in [0.05, 0.1) is 7.11 Å². The maximum atomic E-state index is 11.7. The lowest BCUT2D eigenvalue weighted by molar-refractivity contribution is -0.130. The number of guanidine groups is 1. The first-order valence-corrected chi connectivity index (χ1v) is 8.42. The molecule has 1 amide bonds. The standard InChI is InChI=1S/C17H26N4O4/c1-5-18-17(21-8-6-20(7-9-21)13(3)22)19-11-14-10-15(12(2)25-14)16(23)24-4/h10H,5-9,11H2,1-4H3,(H,18,19). The summed E-state index contributed by atoms with van der Waals surface area (Å²) in [6.07, 6.45) is 0. The minimum Gasteiger partial charge on any atom is -0.465 e. The van der Waals surface area contributed by atoms with E-state index in [1.807, 2.05) is 11.8 Å². The van der Waals surface area contributed by atoms with Crippen molar-refractivity contribution in [2.24, 2.45) is 4.99 Å². The molecule has 1 aliphatic rings. The van der Waals surface area contributed by atoms with Crippen LogP contribution in [0.1, 0.15) is 35.7 Å². The van der Waals surface area contributed by atoms with Crippen LogP contribution in [-0.2, 0) is 16.1 Å². The fourth-order valence-corrected chi connectivity index (χ4v) is 2.75. The van der Waals surface area contributed by atoms with Gasteiger partial charge in [0, 0.05) is 39.6 Å². The molecule has 8 nitrogen and oxygen atoms in total. The number of nitrogens with zero attached hydrogens (tertiary/aromatic N) is 3. The Labute approximate surface area is 147 Å². The minimum absolute atomic E-state index is 0.1000. The zero-order valence-corrected chi connectivity index (χ0v) is 15.3. The molecular formula is C17H26N4O4. The van der Waals surface area contributed by atoms with Crippen molar-refractivity contribution in [3.05, 3.63) is 23.2 Å². The van der Waals surface area contributed by atoms with Crippen LogP contribution in [0.15, 0.2) is 15.5 Å². The van der Waals surface area contributed by atoms with Gasteiger partial charge in [-0.15, -0.1) is 0 Å². The van der Waals surface area contributed by atoms with Gasteiger partial charge < -0.3 is 24.3 Å². The Morgan fingerprint density at radius 2 is 1.92 bits per heavy atom. The van der Waals surface area contributed by atoms with Crippen molar-refractivity contribution in [3.63, 3.8) is 0 Å². The van der Waals surface area contributed by atoms with E-state index in [9.17, 15) is 9.59 Å². The summed E-state index contributed by atoms with van der Waals surface area (Å²) in [6, 6.07) is 1.67. The third-order valence-electron chi connectivity index (χ3n) is 4.12. The van der Waals surface area contributed by atoms with Gasteiger partial charge in [0.15, 0.2) is 5.96 Å². The fraction of sp³-hybridized carbons (Fsp3) is 0.588. The summed E-state index contributed by atoms with van der Waals surface area (Å²) in [5.74, 6) is 1.60. The lowest BCUT2D eigenvalue weighted by atomic mass is 10.2. The molecule has 1 aliphatic heterocycles. The van der Waals surface area contributed by atoms with E-state index in [4.69, 9.17) is 9.15 Å². The summed E-state index contributed by atoms with van der Waals surface area (Å²) in [5, 5.41) is 3.26. The molecule has 0 bridgehead atoms. The number of methoxy groups -OCH3 is 1. The Morgan fingerprint density at radius 3 is 2.48 bits per heavy atom. The second-order valence-electron chi connectivity index (χ2n) is 5.84. The van der Waals surface area contributed by atoms with E-state index in [0.29, 0.717) is 36.7 Å². The number of aryl methyl sites for hydroxylation is 1. The van der Waals surface area contributed by atoms with Crippen molar-refractivity contribution in [2.75, 3.05) is 39.8 Å². The van der Waals surface area contributed by atoms with Gasteiger partial charge in [-0.25, -0.2) is 9.79 Å². The largest absolute Gasteiger partial charge is 0.465 e. The number of hydrogen-bond acceptors (Lipinski definition) is 5. The topological polar surface area (TPSA) is 87.4 Å². The molecule has 8 heteroatoms.